The normalized spacial score (nSPS) is 11.3. The molecule has 2 aromatic carbocycles. The molecule has 0 spiro atoms. The van der Waals surface area contributed by atoms with Gasteiger partial charge in [-0.2, -0.15) is 8.42 Å². The summed E-state index contributed by atoms with van der Waals surface area (Å²) >= 11 is 0. The fraction of sp³-hybridized carbons (Fsp3) is 0.222. The summed E-state index contributed by atoms with van der Waals surface area (Å²) in [7, 11) is -7.17. The minimum Gasteiger partial charge on any atom is -0.744 e. The molecule has 0 saturated carbocycles. The first kappa shape index (κ1) is 27.1. The van der Waals surface area contributed by atoms with Crippen molar-refractivity contribution in [2.75, 3.05) is 14.2 Å². The molecule has 0 aliphatic heterocycles. The molecule has 0 atom stereocenters. The van der Waals surface area contributed by atoms with E-state index >= 15 is 0 Å². The van der Waals surface area contributed by atoms with Gasteiger partial charge in [0.2, 0.25) is 0 Å². The van der Waals surface area contributed by atoms with Crippen LogP contribution in [0.5, 0.6) is 5.75 Å². The molecule has 0 bridgehead atoms. The Labute approximate surface area is 201 Å². The summed E-state index contributed by atoms with van der Waals surface area (Å²) in [4.78, 5) is 22.6. The van der Waals surface area contributed by atoms with E-state index < -0.39 is 42.0 Å². The number of esters is 2. The van der Waals surface area contributed by atoms with Gasteiger partial charge in [0.05, 0.1) is 30.2 Å². The number of carbonyl (C=O) groups is 2. The molecule has 162 valence electrons. The molecule has 2 rings (SSSR count). The van der Waals surface area contributed by atoms with Gasteiger partial charge in [-0.25, -0.2) is 18.0 Å². The zero-order chi connectivity index (χ0) is 22.9. The van der Waals surface area contributed by atoms with Crippen molar-refractivity contribution in [3.05, 3.63) is 52.6 Å². The molecule has 13 heteroatoms. The van der Waals surface area contributed by atoms with Crippen LogP contribution in [0.25, 0.3) is 0 Å². The molecule has 0 aromatic heterocycles. The molecule has 0 heterocycles. The van der Waals surface area contributed by atoms with Gasteiger partial charge >= 0.3 is 51.6 Å². The maximum atomic E-state index is 12.8. The van der Waals surface area contributed by atoms with Gasteiger partial charge < -0.3 is 18.2 Å². The minimum atomic E-state index is -4.75. The van der Waals surface area contributed by atoms with E-state index in [1.165, 1.54) is 13.8 Å². The molecule has 2 aromatic rings. The Morgan fingerprint density at radius 1 is 0.774 bits per heavy atom. The molecule has 0 fully saturated rings. The van der Waals surface area contributed by atoms with E-state index in [0.717, 1.165) is 44.6 Å². The summed E-state index contributed by atoms with van der Waals surface area (Å²) in [6.07, 6.45) is 0. The van der Waals surface area contributed by atoms with Crippen LogP contribution < -0.4 is 33.7 Å². The Morgan fingerprint density at radius 2 is 1.19 bits per heavy atom. The third kappa shape index (κ3) is 6.28. The summed E-state index contributed by atoms with van der Waals surface area (Å²) < 4.78 is 73.5. The summed E-state index contributed by atoms with van der Waals surface area (Å²) in [6.45, 7) is 2.72. The van der Waals surface area contributed by atoms with Crippen LogP contribution in [0.3, 0.4) is 0 Å². The largest absolute Gasteiger partial charge is 1.00 e. The molecule has 0 aliphatic rings. The zero-order valence-corrected chi connectivity index (χ0v) is 20.9. The molecule has 0 amide bonds. The van der Waals surface area contributed by atoms with E-state index in [2.05, 4.69) is 9.47 Å². The summed E-state index contributed by atoms with van der Waals surface area (Å²) in [5.41, 5.74) is -0.316. The predicted molar refractivity (Wildman–Crippen MR) is 101 cm³/mol. The van der Waals surface area contributed by atoms with Crippen molar-refractivity contribution in [3.63, 3.8) is 0 Å². The van der Waals surface area contributed by atoms with E-state index in [0.29, 0.717) is 0 Å². The molecule has 10 nitrogen and oxygen atoms in total. The SMILES string of the molecule is COC(=O)c1cc(C(=O)OC)cc(S(=O)(=O)Oc2c(C)cc(S(=O)(=O)[O-])cc2C)c1.[Na+]. The van der Waals surface area contributed by atoms with Gasteiger partial charge in [0.25, 0.3) is 0 Å². The van der Waals surface area contributed by atoms with Crippen LogP contribution in [-0.2, 0) is 29.7 Å². The van der Waals surface area contributed by atoms with Crippen molar-refractivity contribution in [2.45, 2.75) is 23.6 Å². The predicted octanol–water partition coefficient (Wildman–Crippen LogP) is -1.45. The third-order valence-electron chi connectivity index (χ3n) is 3.95. The maximum absolute atomic E-state index is 12.8. The number of benzene rings is 2. The smallest absolute Gasteiger partial charge is 0.744 e. The topological polar surface area (TPSA) is 153 Å². The molecular weight excluding hydrogens is 463 g/mol. The molecule has 0 saturated heterocycles. The number of hydrogen-bond donors (Lipinski definition) is 0. The number of rotatable bonds is 6. The van der Waals surface area contributed by atoms with E-state index in [4.69, 9.17) is 4.18 Å². The second-order valence-electron chi connectivity index (χ2n) is 6.11. The fourth-order valence-corrected chi connectivity index (χ4v) is 4.32. The van der Waals surface area contributed by atoms with E-state index in [-0.39, 0.29) is 57.6 Å². The molecule has 31 heavy (non-hydrogen) atoms. The standard InChI is InChI=1S/C18H18O10S2.Na/c1-10-5-14(29(21,22)23)6-11(2)16(10)28-30(24,25)15-8-12(17(19)26-3)7-13(9-15)18(20)27-4;/h5-9H,1-4H3,(H,21,22,23);/q;+1/p-1. The summed E-state index contributed by atoms with van der Waals surface area (Å²) in [5, 5.41) is 0. The van der Waals surface area contributed by atoms with Gasteiger partial charge in [-0.1, -0.05) is 0 Å². The van der Waals surface area contributed by atoms with Gasteiger partial charge in [0.15, 0.2) is 0 Å². The van der Waals surface area contributed by atoms with E-state index in [1.807, 2.05) is 0 Å². The first-order valence-corrected chi connectivity index (χ1v) is 10.9. The second-order valence-corrected chi connectivity index (χ2v) is 9.03. The van der Waals surface area contributed by atoms with Crippen molar-refractivity contribution in [2.24, 2.45) is 0 Å². The van der Waals surface area contributed by atoms with Gasteiger partial charge in [-0.3, -0.25) is 0 Å². The van der Waals surface area contributed by atoms with Crippen molar-refractivity contribution >= 4 is 32.2 Å². The third-order valence-corrected chi connectivity index (χ3v) is 5.97. The van der Waals surface area contributed by atoms with Crippen LogP contribution in [0.1, 0.15) is 31.8 Å². The van der Waals surface area contributed by atoms with Crippen molar-refractivity contribution in [1.29, 1.82) is 0 Å². The Bertz CT molecular complexity index is 1180. The van der Waals surface area contributed by atoms with Crippen LogP contribution in [0.4, 0.5) is 0 Å². The van der Waals surface area contributed by atoms with E-state index in [1.54, 1.807) is 0 Å². The summed E-state index contributed by atoms with van der Waals surface area (Å²) in [6, 6.07) is 4.96. The Balaban J connectivity index is 0.00000480. The van der Waals surface area contributed by atoms with Crippen LogP contribution in [0.15, 0.2) is 40.1 Å². The molecular formula is C18H17NaO10S2. The van der Waals surface area contributed by atoms with Gasteiger partial charge in [-0.15, -0.1) is 0 Å². The fourth-order valence-electron chi connectivity index (χ4n) is 2.56. The van der Waals surface area contributed by atoms with Crippen LogP contribution in [-0.4, -0.2) is 47.5 Å². The number of carbonyl (C=O) groups excluding carboxylic acids is 2. The average molecular weight is 480 g/mol. The van der Waals surface area contributed by atoms with Gasteiger partial charge in [-0.05, 0) is 55.3 Å². The number of aryl methyl sites for hydroxylation is 2. The second kappa shape index (κ2) is 10.1. The Hall–Kier alpha value is -1.96. The monoisotopic (exact) mass is 480 g/mol. The molecule has 0 unspecified atom stereocenters. The first-order valence-electron chi connectivity index (χ1n) is 8.13. The van der Waals surface area contributed by atoms with Crippen LogP contribution >= 0.6 is 0 Å². The van der Waals surface area contributed by atoms with Crippen LogP contribution in [0, 0.1) is 13.8 Å². The Kier molecular flexibility index (Phi) is 8.83. The number of ether oxygens (including phenoxy) is 2. The average Bonchev–Trinajstić information content (AvgIpc) is 2.68. The number of hydrogen-bond acceptors (Lipinski definition) is 10. The van der Waals surface area contributed by atoms with E-state index in [9.17, 15) is 31.0 Å². The molecule has 0 N–H and O–H groups in total. The molecule has 0 radical (unpaired) electrons. The zero-order valence-electron chi connectivity index (χ0n) is 17.3. The van der Waals surface area contributed by atoms with Crippen molar-refractivity contribution in [3.8, 4) is 5.75 Å². The minimum absolute atomic E-state index is 0. The van der Waals surface area contributed by atoms with Crippen LogP contribution in [0.2, 0.25) is 0 Å². The quantitative estimate of drug-likeness (QED) is 0.208. The van der Waals surface area contributed by atoms with Crippen molar-refractivity contribution < 1.29 is 74.2 Å². The van der Waals surface area contributed by atoms with Crippen molar-refractivity contribution in [1.82, 2.24) is 0 Å². The first-order chi connectivity index (χ1) is 13.8. The van der Waals surface area contributed by atoms with Gasteiger partial charge in [0, 0.05) is 0 Å². The molecule has 0 aliphatic carbocycles. The van der Waals surface area contributed by atoms with Gasteiger partial charge in [0.1, 0.15) is 20.8 Å². The Morgan fingerprint density at radius 3 is 1.55 bits per heavy atom. The maximum Gasteiger partial charge on any atom is 1.00 e. The summed E-state index contributed by atoms with van der Waals surface area (Å²) in [5.74, 6) is -1.99. The number of methoxy groups -OCH3 is 2.